The van der Waals surface area contributed by atoms with Crippen LogP contribution in [0.25, 0.3) is 10.9 Å². The van der Waals surface area contributed by atoms with Crippen molar-refractivity contribution in [1.29, 1.82) is 0 Å². The lowest BCUT2D eigenvalue weighted by molar-refractivity contribution is -0.117. The molecule has 2 heterocycles. The first-order valence-corrected chi connectivity index (χ1v) is 12.3. The van der Waals surface area contributed by atoms with Gasteiger partial charge in [0.25, 0.3) is 0 Å². The smallest absolute Gasteiger partial charge is 0.340 e. The number of rotatable bonds is 8. The number of methoxy groups -OCH3 is 1. The molecule has 0 spiro atoms. The number of aryl methyl sites for hydroxylation is 1. The van der Waals surface area contributed by atoms with Gasteiger partial charge in [0.1, 0.15) is 5.75 Å². The number of amides is 1. The van der Waals surface area contributed by atoms with E-state index in [4.69, 9.17) is 9.47 Å². The standard InChI is InChI=1S/C28H35N3O4/c1-5-35-28(33)25-19(2)30(3)22-11-12-23(34-4)27(26(22)25)29-24(32)18-31-15-13-21(14-16-31)17-20-9-7-6-8-10-20/h6-12,21H,5,13-18H2,1-4H3,(H,29,32). The van der Waals surface area contributed by atoms with Crippen LogP contribution < -0.4 is 10.1 Å². The summed E-state index contributed by atoms with van der Waals surface area (Å²) < 4.78 is 12.8. The Labute approximate surface area is 207 Å². The van der Waals surface area contributed by atoms with E-state index in [1.54, 1.807) is 14.0 Å². The van der Waals surface area contributed by atoms with Gasteiger partial charge in [0, 0.05) is 18.1 Å². The summed E-state index contributed by atoms with van der Waals surface area (Å²) in [4.78, 5) is 28.1. The van der Waals surface area contributed by atoms with Gasteiger partial charge in [-0.25, -0.2) is 4.79 Å². The van der Waals surface area contributed by atoms with Crippen LogP contribution in [-0.4, -0.2) is 54.7 Å². The van der Waals surface area contributed by atoms with Gasteiger partial charge < -0.3 is 19.4 Å². The Morgan fingerprint density at radius 2 is 1.80 bits per heavy atom. The molecule has 0 aliphatic carbocycles. The molecule has 186 valence electrons. The molecule has 1 aliphatic heterocycles. The molecule has 4 rings (SSSR count). The summed E-state index contributed by atoms with van der Waals surface area (Å²) in [5.41, 5.74) is 3.96. The van der Waals surface area contributed by atoms with Gasteiger partial charge in [0.2, 0.25) is 5.91 Å². The van der Waals surface area contributed by atoms with E-state index in [-0.39, 0.29) is 12.5 Å². The summed E-state index contributed by atoms with van der Waals surface area (Å²) >= 11 is 0. The molecule has 1 aromatic heterocycles. The van der Waals surface area contributed by atoms with E-state index in [1.165, 1.54) is 5.56 Å². The summed E-state index contributed by atoms with van der Waals surface area (Å²) in [5, 5.41) is 3.70. The minimum atomic E-state index is -0.403. The van der Waals surface area contributed by atoms with Gasteiger partial charge in [0.05, 0.1) is 37.0 Å². The third-order valence-electron chi connectivity index (χ3n) is 7.03. The highest BCUT2D eigenvalue weighted by Gasteiger charge is 2.26. The number of likely N-dealkylation sites (tertiary alicyclic amines) is 1. The van der Waals surface area contributed by atoms with Crippen LogP contribution in [0.4, 0.5) is 5.69 Å². The number of nitrogens with zero attached hydrogens (tertiary/aromatic N) is 2. The molecule has 1 aliphatic rings. The highest BCUT2D eigenvalue weighted by atomic mass is 16.5. The van der Waals surface area contributed by atoms with Crippen molar-refractivity contribution in [2.24, 2.45) is 13.0 Å². The zero-order valence-electron chi connectivity index (χ0n) is 21.1. The summed E-state index contributed by atoms with van der Waals surface area (Å²) in [6, 6.07) is 14.3. The van der Waals surface area contributed by atoms with Gasteiger partial charge in [0.15, 0.2) is 0 Å². The van der Waals surface area contributed by atoms with E-state index in [9.17, 15) is 9.59 Å². The first-order chi connectivity index (χ1) is 16.9. The second kappa shape index (κ2) is 11.0. The van der Waals surface area contributed by atoms with Gasteiger partial charge >= 0.3 is 5.97 Å². The third-order valence-corrected chi connectivity index (χ3v) is 7.03. The Hall–Kier alpha value is -3.32. The number of hydrogen-bond donors (Lipinski definition) is 1. The van der Waals surface area contributed by atoms with Crippen molar-refractivity contribution >= 4 is 28.5 Å². The minimum Gasteiger partial charge on any atom is -0.495 e. The van der Waals surface area contributed by atoms with Crippen LogP contribution >= 0.6 is 0 Å². The molecular weight excluding hydrogens is 442 g/mol. The molecular formula is C28H35N3O4. The number of anilines is 1. The number of aromatic nitrogens is 1. The van der Waals surface area contributed by atoms with Crippen LogP contribution in [-0.2, 0) is 23.0 Å². The summed E-state index contributed by atoms with van der Waals surface area (Å²) in [5.74, 6) is 0.641. The zero-order valence-corrected chi connectivity index (χ0v) is 21.1. The first kappa shape index (κ1) is 24.8. The highest BCUT2D eigenvalue weighted by molar-refractivity contribution is 6.14. The second-order valence-corrected chi connectivity index (χ2v) is 9.23. The maximum atomic E-state index is 13.1. The molecule has 1 N–H and O–H groups in total. The molecule has 1 amide bonds. The van der Waals surface area contributed by atoms with Crippen molar-refractivity contribution in [2.75, 3.05) is 38.7 Å². The van der Waals surface area contributed by atoms with Crippen molar-refractivity contribution in [3.05, 3.63) is 59.3 Å². The number of ether oxygens (including phenoxy) is 2. The molecule has 2 aromatic carbocycles. The molecule has 1 saturated heterocycles. The van der Waals surface area contributed by atoms with Crippen molar-refractivity contribution in [1.82, 2.24) is 9.47 Å². The van der Waals surface area contributed by atoms with E-state index in [0.29, 0.717) is 34.8 Å². The Bertz CT molecular complexity index is 1190. The minimum absolute atomic E-state index is 0.117. The van der Waals surface area contributed by atoms with Crippen LogP contribution in [0.5, 0.6) is 5.75 Å². The lowest BCUT2D eigenvalue weighted by Gasteiger charge is -2.31. The summed E-state index contributed by atoms with van der Waals surface area (Å²) in [6.45, 7) is 6.03. The SMILES string of the molecule is CCOC(=O)c1c(C)n(C)c2ccc(OC)c(NC(=O)CN3CCC(Cc4ccccc4)CC3)c12. The van der Waals surface area contributed by atoms with E-state index in [2.05, 4.69) is 34.5 Å². The number of piperidine rings is 1. The van der Waals surface area contributed by atoms with Crippen LogP contribution in [0.2, 0.25) is 0 Å². The predicted molar refractivity (Wildman–Crippen MR) is 138 cm³/mol. The number of carbonyl (C=O) groups is 2. The summed E-state index contributed by atoms with van der Waals surface area (Å²) in [6.07, 6.45) is 3.24. The van der Waals surface area contributed by atoms with Gasteiger partial charge in [-0.2, -0.15) is 0 Å². The molecule has 0 bridgehead atoms. The highest BCUT2D eigenvalue weighted by Crippen LogP contribution is 2.38. The zero-order chi connectivity index (χ0) is 24.9. The number of fused-ring (bicyclic) bond motifs is 1. The first-order valence-electron chi connectivity index (χ1n) is 12.3. The fourth-order valence-electron chi connectivity index (χ4n) is 5.06. The molecule has 7 nitrogen and oxygen atoms in total. The predicted octanol–water partition coefficient (Wildman–Crippen LogP) is 4.57. The Morgan fingerprint density at radius 3 is 2.46 bits per heavy atom. The quantitative estimate of drug-likeness (QED) is 0.482. The normalized spacial score (nSPS) is 14.7. The molecule has 0 atom stereocenters. The van der Waals surface area contributed by atoms with Crippen molar-refractivity contribution in [3.8, 4) is 5.75 Å². The van der Waals surface area contributed by atoms with Crippen molar-refractivity contribution in [2.45, 2.75) is 33.1 Å². The second-order valence-electron chi connectivity index (χ2n) is 9.23. The largest absolute Gasteiger partial charge is 0.495 e. The number of nitrogens with one attached hydrogen (secondary N) is 1. The van der Waals surface area contributed by atoms with Gasteiger partial charge in [-0.15, -0.1) is 0 Å². The van der Waals surface area contributed by atoms with E-state index in [1.807, 2.05) is 36.7 Å². The Balaban J connectivity index is 1.48. The van der Waals surface area contributed by atoms with Crippen LogP contribution in [0.15, 0.2) is 42.5 Å². The van der Waals surface area contributed by atoms with E-state index < -0.39 is 5.97 Å². The van der Waals surface area contributed by atoms with Gasteiger partial charge in [-0.3, -0.25) is 9.69 Å². The molecule has 35 heavy (non-hydrogen) atoms. The van der Waals surface area contributed by atoms with E-state index >= 15 is 0 Å². The molecule has 0 radical (unpaired) electrons. The third kappa shape index (κ3) is 5.35. The molecule has 0 unspecified atom stereocenters. The van der Waals surface area contributed by atoms with Crippen LogP contribution in [0.1, 0.15) is 41.4 Å². The average molecular weight is 478 g/mol. The maximum Gasteiger partial charge on any atom is 0.340 e. The van der Waals surface area contributed by atoms with Crippen molar-refractivity contribution < 1.29 is 19.1 Å². The summed E-state index contributed by atoms with van der Waals surface area (Å²) in [7, 11) is 3.46. The molecule has 3 aromatic rings. The topological polar surface area (TPSA) is 72.8 Å². The number of hydrogen-bond acceptors (Lipinski definition) is 5. The Morgan fingerprint density at radius 1 is 1.09 bits per heavy atom. The molecule has 7 heteroatoms. The van der Waals surface area contributed by atoms with E-state index in [0.717, 1.165) is 43.6 Å². The fraction of sp³-hybridized carbons (Fsp3) is 0.429. The molecule has 0 saturated carbocycles. The fourth-order valence-corrected chi connectivity index (χ4v) is 5.06. The number of esters is 1. The lowest BCUT2D eigenvalue weighted by Crippen LogP contribution is -2.39. The van der Waals surface area contributed by atoms with Crippen LogP contribution in [0.3, 0.4) is 0 Å². The van der Waals surface area contributed by atoms with Crippen molar-refractivity contribution in [3.63, 3.8) is 0 Å². The maximum absolute atomic E-state index is 13.1. The van der Waals surface area contributed by atoms with Gasteiger partial charge in [-0.05, 0) is 69.8 Å². The van der Waals surface area contributed by atoms with Gasteiger partial charge in [-0.1, -0.05) is 30.3 Å². The average Bonchev–Trinajstić information content (AvgIpc) is 3.12. The molecule has 1 fully saturated rings. The monoisotopic (exact) mass is 477 g/mol. The Kier molecular flexibility index (Phi) is 7.76. The number of carbonyl (C=O) groups excluding carboxylic acids is 2. The lowest BCUT2D eigenvalue weighted by atomic mass is 9.90. The number of benzene rings is 2. The van der Waals surface area contributed by atoms with Crippen LogP contribution in [0, 0.1) is 12.8 Å².